The summed E-state index contributed by atoms with van der Waals surface area (Å²) in [4.78, 5) is 24.5. The number of hydrogen-bond acceptors (Lipinski definition) is 3. The van der Waals surface area contributed by atoms with Crippen molar-refractivity contribution in [2.75, 3.05) is 0 Å². The van der Waals surface area contributed by atoms with Crippen molar-refractivity contribution < 1.29 is 14.1 Å². The molecule has 0 radical (unpaired) electrons. The fourth-order valence-corrected chi connectivity index (χ4v) is 2.45. The van der Waals surface area contributed by atoms with Crippen LogP contribution in [0.2, 0.25) is 0 Å². The third kappa shape index (κ3) is 1.42. The van der Waals surface area contributed by atoms with Crippen molar-refractivity contribution >= 4 is 22.4 Å². The van der Waals surface area contributed by atoms with Crippen LogP contribution in [-0.2, 0) is 6.42 Å². The molecule has 5 nitrogen and oxygen atoms in total. The fourth-order valence-electron chi connectivity index (χ4n) is 2.45. The van der Waals surface area contributed by atoms with E-state index in [1.807, 2.05) is 0 Å². The van der Waals surface area contributed by atoms with Crippen molar-refractivity contribution in [3.63, 3.8) is 0 Å². The summed E-state index contributed by atoms with van der Waals surface area (Å²) in [7, 11) is 0. The Hall–Kier alpha value is -2.24. The van der Waals surface area contributed by atoms with Crippen LogP contribution >= 0.6 is 0 Å². The highest BCUT2D eigenvalue weighted by Gasteiger charge is 2.25. The summed E-state index contributed by atoms with van der Waals surface area (Å²) in [5, 5.41) is 11.3. The van der Waals surface area contributed by atoms with E-state index in [9.17, 15) is 19.3 Å². The minimum Gasteiger partial charge on any atom is -0.352 e. The van der Waals surface area contributed by atoms with Gasteiger partial charge in [0.15, 0.2) is 5.78 Å². The maximum absolute atomic E-state index is 13.5. The molecule has 1 heterocycles. The molecule has 2 aromatic rings. The zero-order valence-corrected chi connectivity index (χ0v) is 9.33. The molecule has 0 fully saturated rings. The van der Waals surface area contributed by atoms with Crippen molar-refractivity contribution in [2.24, 2.45) is 0 Å². The van der Waals surface area contributed by atoms with Crippen LogP contribution in [0, 0.1) is 15.9 Å². The molecule has 0 saturated heterocycles. The molecule has 0 atom stereocenters. The van der Waals surface area contributed by atoms with Crippen LogP contribution in [0.3, 0.4) is 0 Å². The van der Waals surface area contributed by atoms with E-state index in [0.717, 1.165) is 18.1 Å². The number of rotatable bonds is 1. The van der Waals surface area contributed by atoms with E-state index in [0.29, 0.717) is 29.4 Å². The maximum atomic E-state index is 13.5. The van der Waals surface area contributed by atoms with Gasteiger partial charge in [0, 0.05) is 29.5 Å². The maximum Gasteiger partial charge on any atom is 0.305 e. The Bertz CT molecular complexity index is 690. The molecule has 18 heavy (non-hydrogen) atoms. The summed E-state index contributed by atoms with van der Waals surface area (Å²) >= 11 is 0. The van der Waals surface area contributed by atoms with Gasteiger partial charge < -0.3 is 4.98 Å². The number of carbonyl (C=O) groups excluding carboxylic acids is 1. The molecule has 0 aliphatic heterocycles. The van der Waals surface area contributed by atoms with Gasteiger partial charge in [0.25, 0.3) is 0 Å². The number of Topliss-reactive ketones (excluding diaryl/α,β-unsaturated/α-hetero) is 1. The zero-order valence-electron chi connectivity index (χ0n) is 9.33. The Morgan fingerprint density at radius 2 is 2.11 bits per heavy atom. The first-order valence-electron chi connectivity index (χ1n) is 5.59. The Morgan fingerprint density at radius 1 is 1.33 bits per heavy atom. The average Bonchev–Trinajstić information content (AvgIpc) is 2.67. The summed E-state index contributed by atoms with van der Waals surface area (Å²) in [6.07, 6.45) is 1.87. The highest BCUT2D eigenvalue weighted by molar-refractivity contribution is 6.03. The van der Waals surface area contributed by atoms with Gasteiger partial charge in [0.2, 0.25) is 5.82 Å². The lowest BCUT2D eigenvalue weighted by molar-refractivity contribution is -0.387. The summed E-state index contributed by atoms with van der Waals surface area (Å²) in [5.41, 5.74) is 1.13. The SMILES string of the molecule is O=C1CCCc2c1[nH]c1cc(F)c([N+](=O)[O-])cc21. The molecule has 1 aromatic carbocycles. The summed E-state index contributed by atoms with van der Waals surface area (Å²) in [6.45, 7) is 0. The minimum atomic E-state index is -0.890. The van der Waals surface area contributed by atoms with Crippen molar-refractivity contribution in [1.29, 1.82) is 0 Å². The standard InChI is InChI=1S/C12H9FN2O3/c13-8-5-9-7(4-10(8)15(17)18)6-2-1-3-11(16)12(6)14-9/h4-5,14H,1-3H2. The zero-order chi connectivity index (χ0) is 12.9. The number of benzene rings is 1. The van der Waals surface area contributed by atoms with E-state index in [1.54, 1.807) is 0 Å². The molecular formula is C12H9FN2O3. The van der Waals surface area contributed by atoms with Crippen LogP contribution < -0.4 is 0 Å². The second kappa shape index (κ2) is 3.63. The van der Waals surface area contributed by atoms with Gasteiger partial charge in [0.05, 0.1) is 10.6 Å². The second-order valence-electron chi connectivity index (χ2n) is 4.36. The van der Waals surface area contributed by atoms with Gasteiger partial charge in [-0.2, -0.15) is 4.39 Å². The number of aromatic nitrogens is 1. The van der Waals surface area contributed by atoms with E-state index >= 15 is 0 Å². The molecule has 0 amide bonds. The lowest BCUT2D eigenvalue weighted by Gasteiger charge is -2.09. The number of ketones is 1. The summed E-state index contributed by atoms with van der Waals surface area (Å²) in [5.74, 6) is -0.908. The Kier molecular flexibility index (Phi) is 2.19. The molecule has 0 spiro atoms. The van der Waals surface area contributed by atoms with Gasteiger partial charge in [-0.3, -0.25) is 14.9 Å². The molecule has 1 aliphatic carbocycles. The molecule has 0 unspecified atom stereocenters. The highest BCUT2D eigenvalue weighted by Crippen LogP contribution is 2.32. The minimum absolute atomic E-state index is 0.0180. The quantitative estimate of drug-likeness (QED) is 0.622. The molecule has 1 N–H and O–H groups in total. The van der Waals surface area contributed by atoms with Crippen molar-refractivity contribution in [3.8, 4) is 0 Å². The number of nitrogens with one attached hydrogen (secondary N) is 1. The predicted octanol–water partition coefficient (Wildman–Crippen LogP) is 2.73. The summed E-state index contributed by atoms with van der Waals surface area (Å²) in [6, 6.07) is 2.29. The van der Waals surface area contributed by atoms with E-state index < -0.39 is 16.4 Å². The Morgan fingerprint density at radius 3 is 2.83 bits per heavy atom. The first kappa shape index (κ1) is 10.9. The van der Waals surface area contributed by atoms with Gasteiger partial charge in [-0.15, -0.1) is 0 Å². The van der Waals surface area contributed by atoms with Crippen LogP contribution in [0.25, 0.3) is 10.9 Å². The second-order valence-corrected chi connectivity index (χ2v) is 4.36. The van der Waals surface area contributed by atoms with E-state index in [-0.39, 0.29) is 5.78 Å². The molecule has 92 valence electrons. The van der Waals surface area contributed by atoms with Crippen LogP contribution in [0.1, 0.15) is 28.9 Å². The number of fused-ring (bicyclic) bond motifs is 3. The van der Waals surface area contributed by atoms with Gasteiger partial charge in [0.1, 0.15) is 0 Å². The van der Waals surface area contributed by atoms with E-state index in [4.69, 9.17) is 0 Å². The third-order valence-electron chi connectivity index (χ3n) is 3.28. The average molecular weight is 248 g/mol. The van der Waals surface area contributed by atoms with Crippen LogP contribution in [0.15, 0.2) is 12.1 Å². The number of aromatic amines is 1. The van der Waals surface area contributed by atoms with Crippen molar-refractivity contribution in [1.82, 2.24) is 4.98 Å². The third-order valence-corrected chi connectivity index (χ3v) is 3.28. The highest BCUT2D eigenvalue weighted by atomic mass is 19.1. The normalized spacial score (nSPS) is 14.8. The Labute approximate surface area is 101 Å². The summed E-state index contributed by atoms with van der Waals surface area (Å²) < 4.78 is 13.5. The molecule has 0 bridgehead atoms. The van der Waals surface area contributed by atoms with Crippen LogP contribution in [0.4, 0.5) is 10.1 Å². The van der Waals surface area contributed by atoms with E-state index in [1.165, 1.54) is 6.07 Å². The Balaban J connectivity index is 2.33. The lowest BCUT2D eigenvalue weighted by Crippen LogP contribution is -2.09. The number of carbonyl (C=O) groups is 1. The first-order valence-corrected chi connectivity index (χ1v) is 5.59. The molecule has 3 rings (SSSR count). The molecule has 1 aromatic heterocycles. The van der Waals surface area contributed by atoms with Gasteiger partial charge in [-0.05, 0) is 18.4 Å². The number of hydrogen-bond donors (Lipinski definition) is 1. The number of nitro groups is 1. The predicted molar refractivity (Wildman–Crippen MR) is 62.2 cm³/mol. The largest absolute Gasteiger partial charge is 0.352 e. The first-order chi connectivity index (χ1) is 8.58. The van der Waals surface area contributed by atoms with Gasteiger partial charge in [-0.1, -0.05) is 0 Å². The van der Waals surface area contributed by atoms with Crippen LogP contribution in [-0.4, -0.2) is 15.7 Å². The fraction of sp³-hybridized carbons (Fsp3) is 0.250. The van der Waals surface area contributed by atoms with Gasteiger partial charge >= 0.3 is 5.69 Å². The molecule has 6 heteroatoms. The van der Waals surface area contributed by atoms with Crippen molar-refractivity contribution in [3.05, 3.63) is 39.3 Å². The lowest BCUT2D eigenvalue weighted by atomic mass is 9.94. The smallest absolute Gasteiger partial charge is 0.305 e. The number of nitro benzene ring substituents is 1. The topological polar surface area (TPSA) is 76.0 Å². The van der Waals surface area contributed by atoms with E-state index in [2.05, 4.69) is 4.98 Å². The monoisotopic (exact) mass is 248 g/mol. The molecule has 1 aliphatic rings. The number of nitrogens with zero attached hydrogens (tertiary/aromatic N) is 1. The number of aryl methyl sites for hydroxylation is 1. The number of halogens is 1. The molecule has 0 saturated carbocycles. The van der Waals surface area contributed by atoms with Gasteiger partial charge in [-0.25, -0.2) is 0 Å². The van der Waals surface area contributed by atoms with Crippen LogP contribution in [0.5, 0.6) is 0 Å². The van der Waals surface area contributed by atoms with Crippen molar-refractivity contribution in [2.45, 2.75) is 19.3 Å². The molecular weight excluding hydrogens is 239 g/mol. The number of H-pyrrole nitrogens is 1.